The van der Waals surface area contributed by atoms with Crippen molar-refractivity contribution in [2.75, 3.05) is 0 Å². The summed E-state index contributed by atoms with van der Waals surface area (Å²) in [5.41, 5.74) is 0. The Morgan fingerprint density at radius 2 is 1.25 bits per heavy atom. The molecule has 0 aromatic heterocycles. The zero-order chi connectivity index (χ0) is 15.8. The summed E-state index contributed by atoms with van der Waals surface area (Å²) in [4.78, 5) is 20.0. The van der Waals surface area contributed by atoms with Crippen molar-refractivity contribution in [2.24, 2.45) is 5.92 Å². The summed E-state index contributed by atoms with van der Waals surface area (Å²) >= 11 is 0. The van der Waals surface area contributed by atoms with Crippen LogP contribution in [-0.4, -0.2) is 22.2 Å². The average molecular weight is 288 g/mol. The minimum Gasteiger partial charge on any atom is -0.481 e. The van der Waals surface area contributed by atoms with Crippen molar-refractivity contribution in [1.82, 2.24) is 0 Å². The third-order valence-electron chi connectivity index (χ3n) is 2.83. The molecule has 0 saturated heterocycles. The molecule has 0 amide bonds. The second-order valence-electron chi connectivity index (χ2n) is 5.61. The normalized spacial score (nSPS) is 10.0. The highest BCUT2D eigenvalue weighted by molar-refractivity contribution is 5.67. The van der Waals surface area contributed by atoms with E-state index in [-0.39, 0.29) is 12.3 Å². The summed E-state index contributed by atoms with van der Waals surface area (Å²) in [6.07, 6.45) is 10.3. The lowest BCUT2D eigenvalue weighted by Gasteiger charge is -1.99. The van der Waals surface area contributed by atoms with Gasteiger partial charge in [0.2, 0.25) is 0 Å². The van der Waals surface area contributed by atoms with E-state index in [1.54, 1.807) is 0 Å². The fourth-order valence-corrected chi connectivity index (χ4v) is 1.76. The minimum atomic E-state index is -0.713. The molecule has 0 aliphatic rings. The number of carboxylic acids is 2. The number of hydrogen-bond donors (Lipinski definition) is 2. The van der Waals surface area contributed by atoms with Gasteiger partial charge < -0.3 is 10.2 Å². The zero-order valence-electron chi connectivity index (χ0n) is 13.4. The van der Waals surface area contributed by atoms with Crippen LogP contribution in [0.4, 0.5) is 0 Å². The number of unbranched alkanes of at least 4 members (excludes halogenated alkanes) is 7. The number of aliphatic carboxylic acids is 2. The highest BCUT2D eigenvalue weighted by Gasteiger charge is 1.98. The molecule has 0 saturated carbocycles. The summed E-state index contributed by atoms with van der Waals surface area (Å²) in [6.45, 7) is 5.98. The maximum atomic E-state index is 10.2. The van der Waals surface area contributed by atoms with Crippen LogP contribution in [0.1, 0.15) is 85.0 Å². The van der Waals surface area contributed by atoms with Crippen LogP contribution < -0.4 is 0 Å². The number of carboxylic acid groups (broad SMARTS) is 2. The molecule has 0 heterocycles. The third-order valence-corrected chi connectivity index (χ3v) is 2.83. The summed E-state index contributed by atoms with van der Waals surface area (Å²) in [5, 5.41) is 16.5. The van der Waals surface area contributed by atoms with Crippen LogP contribution in [0.5, 0.6) is 0 Å². The van der Waals surface area contributed by atoms with Crippen LogP contribution in [-0.2, 0) is 9.59 Å². The Morgan fingerprint density at radius 3 is 1.55 bits per heavy atom. The first-order valence-electron chi connectivity index (χ1n) is 7.83. The van der Waals surface area contributed by atoms with Gasteiger partial charge in [0.25, 0.3) is 0 Å². The predicted octanol–water partition coefficient (Wildman–Crippen LogP) is 4.72. The highest BCUT2D eigenvalue weighted by atomic mass is 16.4. The minimum absolute atomic E-state index is 0.275. The van der Waals surface area contributed by atoms with Gasteiger partial charge in [-0.2, -0.15) is 0 Å². The van der Waals surface area contributed by atoms with E-state index in [9.17, 15) is 9.59 Å². The molecule has 0 aliphatic heterocycles. The van der Waals surface area contributed by atoms with Gasteiger partial charge in [-0.3, -0.25) is 9.59 Å². The summed E-state index contributed by atoms with van der Waals surface area (Å²) in [5.74, 6) is -1.10. The van der Waals surface area contributed by atoms with Gasteiger partial charge in [-0.05, 0) is 12.3 Å². The van der Waals surface area contributed by atoms with Crippen molar-refractivity contribution in [1.29, 1.82) is 0 Å². The molecule has 120 valence electrons. The molecule has 0 aromatic carbocycles. The first-order valence-corrected chi connectivity index (χ1v) is 7.83. The fourth-order valence-electron chi connectivity index (χ4n) is 1.76. The maximum absolute atomic E-state index is 10.2. The molecule has 2 N–H and O–H groups in total. The molecule has 4 nitrogen and oxygen atoms in total. The van der Waals surface area contributed by atoms with Crippen LogP contribution in [0, 0.1) is 5.92 Å². The molecule has 0 atom stereocenters. The molecular formula is C16H32O4. The quantitative estimate of drug-likeness (QED) is 0.539. The van der Waals surface area contributed by atoms with E-state index < -0.39 is 11.9 Å². The molecule has 0 fully saturated rings. The zero-order valence-corrected chi connectivity index (χ0v) is 13.4. The topological polar surface area (TPSA) is 74.6 Å². The summed E-state index contributed by atoms with van der Waals surface area (Å²) in [7, 11) is 0. The lowest BCUT2D eigenvalue weighted by Crippen LogP contribution is -1.99. The monoisotopic (exact) mass is 288 g/mol. The van der Waals surface area contributed by atoms with Crippen molar-refractivity contribution >= 4 is 11.9 Å². The predicted molar refractivity (Wildman–Crippen MR) is 82.0 cm³/mol. The molecule has 0 aromatic rings. The average Bonchev–Trinajstić information content (AvgIpc) is 2.31. The molecule has 0 bridgehead atoms. The molecule has 0 unspecified atom stereocenters. The second kappa shape index (κ2) is 16.0. The van der Waals surface area contributed by atoms with E-state index in [4.69, 9.17) is 10.2 Å². The fraction of sp³-hybridized carbons (Fsp3) is 0.875. The van der Waals surface area contributed by atoms with E-state index >= 15 is 0 Å². The van der Waals surface area contributed by atoms with Crippen molar-refractivity contribution in [2.45, 2.75) is 85.0 Å². The van der Waals surface area contributed by atoms with E-state index in [1.165, 1.54) is 38.5 Å². The molecule has 0 radical (unpaired) electrons. The standard InChI is InChI=1S/C11H22O2.C5H10O2/c1-2-3-4-5-6-7-8-9-10-11(12)13;1-4(2)3-5(6)7/h2-10H2,1H3,(H,12,13);4H,3H2,1-2H3,(H,6,7). The molecule has 0 aliphatic carbocycles. The molecular weight excluding hydrogens is 256 g/mol. The van der Waals surface area contributed by atoms with Gasteiger partial charge in [-0.25, -0.2) is 0 Å². The molecule has 0 rings (SSSR count). The number of rotatable bonds is 11. The van der Waals surface area contributed by atoms with Crippen molar-refractivity contribution in [3.05, 3.63) is 0 Å². The molecule has 20 heavy (non-hydrogen) atoms. The Balaban J connectivity index is 0. The van der Waals surface area contributed by atoms with Crippen LogP contribution in [0.3, 0.4) is 0 Å². The highest BCUT2D eigenvalue weighted by Crippen LogP contribution is 2.09. The van der Waals surface area contributed by atoms with Crippen LogP contribution in [0.15, 0.2) is 0 Å². The van der Waals surface area contributed by atoms with Gasteiger partial charge >= 0.3 is 11.9 Å². The van der Waals surface area contributed by atoms with Crippen LogP contribution in [0.2, 0.25) is 0 Å². The Labute approximate surface area is 123 Å². The summed E-state index contributed by atoms with van der Waals surface area (Å²) < 4.78 is 0. The van der Waals surface area contributed by atoms with Crippen molar-refractivity contribution in [3.63, 3.8) is 0 Å². The number of carbonyl (C=O) groups is 2. The number of hydrogen-bond acceptors (Lipinski definition) is 2. The molecule has 4 heteroatoms. The van der Waals surface area contributed by atoms with E-state index in [0.29, 0.717) is 6.42 Å². The van der Waals surface area contributed by atoms with Gasteiger partial charge in [0.15, 0.2) is 0 Å². The first kappa shape index (κ1) is 21.2. The SMILES string of the molecule is CC(C)CC(=O)O.CCCCCCCCCCC(=O)O. The van der Waals surface area contributed by atoms with Gasteiger partial charge in [0.05, 0.1) is 0 Å². The van der Waals surface area contributed by atoms with Gasteiger partial charge in [0.1, 0.15) is 0 Å². The smallest absolute Gasteiger partial charge is 0.303 e. The Morgan fingerprint density at radius 1 is 0.800 bits per heavy atom. The molecule has 0 spiro atoms. The Bertz CT molecular complexity index is 237. The van der Waals surface area contributed by atoms with E-state index in [1.807, 2.05) is 13.8 Å². The first-order chi connectivity index (χ1) is 9.40. The summed E-state index contributed by atoms with van der Waals surface area (Å²) in [6, 6.07) is 0. The van der Waals surface area contributed by atoms with Crippen LogP contribution in [0.25, 0.3) is 0 Å². The largest absolute Gasteiger partial charge is 0.481 e. The van der Waals surface area contributed by atoms with E-state index in [2.05, 4.69) is 6.92 Å². The van der Waals surface area contributed by atoms with Gasteiger partial charge in [-0.1, -0.05) is 65.7 Å². The Hall–Kier alpha value is -1.06. The van der Waals surface area contributed by atoms with E-state index in [0.717, 1.165) is 12.8 Å². The van der Waals surface area contributed by atoms with Crippen molar-refractivity contribution in [3.8, 4) is 0 Å². The second-order valence-corrected chi connectivity index (χ2v) is 5.61. The van der Waals surface area contributed by atoms with Gasteiger partial charge in [0, 0.05) is 12.8 Å². The Kier molecular flexibility index (Phi) is 17.0. The maximum Gasteiger partial charge on any atom is 0.303 e. The lowest BCUT2D eigenvalue weighted by molar-refractivity contribution is -0.138. The van der Waals surface area contributed by atoms with Gasteiger partial charge in [-0.15, -0.1) is 0 Å². The third kappa shape index (κ3) is 25.7. The van der Waals surface area contributed by atoms with Crippen LogP contribution >= 0.6 is 0 Å². The lowest BCUT2D eigenvalue weighted by atomic mass is 10.1. The van der Waals surface area contributed by atoms with Crippen molar-refractivity contribution < 1.29 is 19.8 Å².